The first kappa shape index (κ1) is 15.5. The summed E-state index contributed by atoms with van der Waals surface area (Å²) in [7, 11) is -4.26. The fourth-order valence-corrected chi connectivity index (χ4v) is 3.51. The Balaban J connectivity index is 2.54. The van der Waals surface area contributed by atoms with Crippen LogP contribution >= 0.6 is 0 Å². The van der Waals surface area contributed by atoms with Crippen molar-refractivity contribution in [3.8, 4) is 0 Å². The Morgan fingerprint density at radius 2 is 1.76 bits per heavy atom. The summed E-state index contributed by atoms with van der Waals surface area (Å²) in [5.74, 6) is 0. The lowest BCUT2D eigenvalue weighted by Gasteiger charge is -2.31. The van der Waals surface area contributed by atoms with Gasteiger partial charge in [0, 0.05) is 12.2 Å². The lowest BCUT2D eigenvalue weighted by atomic mass is 10.1. The van der Waals surface area contributed by atoms with Gasteiger partial charge in [-0.15, -0.1) is 0 Å². The maximum Gasteiger partial charge on any atom is 0.290 e. The van der Waals surface area contributed by atoms with Crippen LogP contribution in [0.5, 0.6) is 0 Å². The molecule has 2 aromatic carbocycles. The highest BCUT2D eigenvalue weighted by molar-refractivity contribution is 7.86. The van der Waals surface area contributed by atoms with Gasteiger partial charge in [-0.05, 0) is 37.1 Å². The van der Waals surface area contributed by atoms with E-state index in [-0.39, 0.29) is 0 Å². The highest BCUT2D eigenvalue weighted by Crippen LogP contribution is 2.31. The molecule has 0 aromatic heterocycles. The van der Waals surface area contributed by atoms with Crippen LogP contribution in [0.2, 0.25) is 0 Å². The van der Waals surface area contributed by atoms with Crippen LogP contribution in [-0.2, 0) is 10.1 Å². The smallest absolute Gasteiger partial charge is 0.290 e. The van der Waals surface area contributed by atoms with Crippen LogP contribution in [0, 0.1) is 6.92 Å². The van der Waals surface area contributed by atoms with E-state index >= 15 is 0 Å². The van der Waals surface area contributed by atoms with Crippen LogP contribution < -0.4 is 4.90 Å². The average Bonchev–Trinajstić information content (AvgIpc) is 2.44. The molecule has 0 saturated heterocycles. The number of benzene rings is 2. The van der Waals surface area contributed by atoms with Gasteiger partial charge in [0.2, 0.25) is 0 Å². The lowest BCUT2D eigenvalue weighted by Crippen LogP contribution is -2.34. The van der Waals surface area contributed by atoms with Crippen molar-refractivity contribution in [2.24, 2.45) is 0 Å². The molecule has 5 heteroatoms. The van der Waals surface area contributed by atoms with E-state index in [1.807, 2.05) is 44.2 Å². The van der Waals surface area contributed by atoms with Crippen molar-refractivity contribution in [3.05, 3.63) is 65.7 Å². The van der Waals surface area contributed by atoms with Crippen LogP contribution in [0.25, 0.3) is 0 Å². The monoisotopic (exact) mass is 305 g/mol. The van der Waals surface area contributed by atoms with Gasteiger partial charge in [-0.1, -0.05) is 42.5 Å². The van der Waals surface area contributed by atoms with E-state index in [9.17, 15) is 13.0 Å². The predicted molar refractivity (Wildman–Crippen MR) is 84.9 cm³/mol. The van der Waals surface area contributed by atoms with E-state index in [0.717, 1.165) is 11.3 Å². The SMILES string of the molecule is CCN(c1cccc(C)c1)C(c1ccccc1)S(=O)(=O)O. The molecule has 1 unspecified atom stereocenters. The summed E-state index contributed by atoms with van der Waals surface area (Å²) in [4.78, 5) is 1.68. The molecule has 1 atom stereocenters. The highest BCUT2D eigenvalue weighted by atomic mass is 32.2. The van der Waals surface area contributed by atoms with E-state index in [4.69, 9.17) is 0 Å². The molecule has 0 saturated carbocycles. The quantitative estimate of drug-likeness (QED) is 0.860. The number of rotatable bonds is 5. The number of hydrogen-bond acceptors (Lipinski definition) is 3. The molecule has 2 rings (SSSR count). The molecule has 112 valence electrons. The Kier molecular flexibility index (Phi) is 4.65. The largest absolute Gasteiger partial charge is 0.350 e. The molecule has 0 amide bonds. The predicted octanol–water partition coefficient (Wildman–Crippen LogP) is 3.41. The van der Waals surface area contributed by atoms with Crippen molar-refractivity contribution >= 4 is 15.8 Å². The van der Waals surface area contributed by atoms with Gasteiger partial charge in [0.25, 0.3) is 10.1 Å². The highest BCUT2D eigenvalue weighted by Gasteiger charge is 2.31. The number of nitrogens with zero attached hydrogens (tertiary/aromatic N) is 1. The minimum atomic E-state index is -4.26. The fraction of sp³-hybridized carbons (Fsp3) is 0.250. The Hall–Kier alpha value is -1.85. The van der Waals surface area contributed by atoms with Crippen molar-refractivity contribution in [1.82, 2.24) is 0 Å². The van der Waals surface area contributed by atoms with Crippen LogP contribution in [0.15, 0.2) is 54.6 Å². The fourth-order valence-electron chi connectivity index (χ4n) is 2.42. The molecule has 0 aliphatic carbocycles. The van der Waals surface area contributed by atoms with Crippen molar-refractivity contribution in [2.45, 2.75) is 19.2 Å². The van der Waals surface area contributed by atoms with Crippen LogP contribution in [0.3, 0.4) is 0 Å². The Morgan fingerprint density at radius 1 is 1.10 bits per heavy atom. The summed E-state index contributed by atoms with van der Waals surface area (Å²) in [6, 6.07) is 16.3. The molecular formula is C16H19NO3S. The number of aryl methyl sites for hydroxylation is 1. The average molecular weight is 305 g/mol. The maximum absolute atomic E-state index is 11.9. The third-order valence-corrected chi connectivity index (χ3v) is 4.41. The Morgan fingerprint density at radius 3 is 2.29 bits per heavy atom. The van der Waals surface area contributed by atoms with Crippen molar-refractivity contribution in [2.75, 3.05) is 11.4 Å². The lowest BCUT2D eigenvalue weighted by molar-refractivity contribution is 0.465. The van der Waals surface area contributed by atoms with E-state index in [1.54, 1.807) is 29.2 Å². The summed E-state index contributed by atoms with van der Waals surface area (Å²) in [5.41, 5.74) is 2.35. The molecule has 0 fully saturated rings. The molecule has 4 nitrogen and oxygen atoms in total. The maximum atomic E-state index is 11.9. The van der Waals surface area contributed by atoms with E-state index in [0.29, 0.717) is 12.1 Å². The molecule has 0 heterocycles. The van der Waals surface area contributed by atoms with E-state index < -0.39 is 15.5 Å². The van der Waals surface area contributed by atoms with Gasteiger partial charge in [0.05, 0.1) is 0 Å². The topological polar surface area (TPSA) is 57.6 Å². The van der Waals surface area contributed by atoms with Gasteiger partial charge in [-0.3, -0.25) is 4.55 Å². The second kappa shape index (κ2) is 6.28. The summed E-state index contributed by atoms with van der Waals surface area (Å²) >= 11 is 0. The van der Waals surface area contributed by atoms with Gasteiger partial charge < -0.3 is 4.90 Å². The van der Waals surface area contributed by atoms with Crippen LogP contribution in [-0.4, -0.2) is 19.5 Å². The summed E-state index contributed by atoms with van der Waals surface area (Å²) in [6.07, 6.45) is 0. The molecule has 2 aromatic rings. The molecule has 0 aliphatic heterocycles. The molecule has 0 spiro atoms. The molecular weight excluding hydrogens is 286 g/mol. The first-order valence-corrected chi connectivity index (χ1v) is 8.28. The molecule has 0 radical (unpaired) electrons. The van der Waals surface area contributed by atoms with Gasteiger partial charge in [-0.25, -0.2) is 0 Å². The van der Waals surface area contributed by atoms with Crippen molar-refractivity contribution in [3.63, 3.8) is 0 Å². The van der Waals surface area contributed by atoms with Crippen molar-refractivity contribution < 1.29 is 13.0 Å². The summed E-state index contributed by atoms with van der Waals surface area (Å²) in [5, 5.41) is -1.11. The van der Waals surface area contributed by atoms with Gasteiger partial charge in [0.1, 0.15) is 0 Å². The van der Waals surface area contributed by atoms with Crippen molar-refractivity contribution in [1.29, 1.82) is 0 Å². The first-order chi connectivity index (χ1) is 9.93. The summed E-state index contributed by atoms with van der Waals surface area (Å²) in [6.45, 7) is 4.27. The zero-order chi connectivity index (χ0) is 15.5. The Labute approximate surface area is 125 Å². The minimum Gasteiger partial charge on any atom is -0.350 e. The first-order valence-electron chi connectivity index (χ1n) is 6.78. The van der Waals surface area contributed by atoms with Crippen LogP contribution in [0.4, 0.5) is 5.69 Å². The molecule has 21 heavy (non-hydrogen) atoms. The second-order valence-electron chi connectivity index (χ2n) is 4.90. The van der Waals surface area contributed by atoms with Crippen LogP contribution in [0.1, 0.15) is 23.4 Å². The zero-order valence-electron chi connectivity index (χ0n) is 12.1. The normalized spacial score (nSPS) is 12.9. The summed E-state index contributed by atoms with van der Waals surface area (Å²) < 4.78 is 33.5. The third-order valence-electron chi connectivity index (χ3n) is 3.32. The Bertz CT molecular complexity index is 698. The molecule has 0 aliphatic rings. The standard InChI is InChI=1S/C16H19NO3S/c1-3-17(15-11-7-8-13(2)12-15)16(21(18,19)20)14-9-5-4-6-10-14/h4-12,16H,3H2,1-2H3,(H,18,19,20). The molecule has 0 bridgehead atoms. The van der Waals surface area contributed by atoms with Gasteiger partial charge in [-0.2, -0.15) is 8.42 Å². The van der Waals surface area contributed by atoms with E-state index in [2.05, 4.69) is 0 Å². The second-order valence-corrected chi connectivity index (χ2v) is 6.38. The number of hydrogen-bond donors (Lipinski definition) is 1. The zero-order valence-corrected chi connectivity index (χ0v) is 12.9. The molecule has 1 N–H and O–H groups in total. The van der Waals surface area contributed by atoms with Gasteiger partial charge in [0.15, 0.2) is 5.37 Å². The minimum absolute atomic E-state index is 0.461. The number of anilines is 1. The van der Waals surface area contributed by atoms with Gasteiger partial charge >= 0.3 is 0 Å². The third kappa shape index (κ3) is 3.62. The van der Waals surface area contributed by atoms with E-state index in [1.165, 1.54) is 0 Å².